The van der Waals surface area contributed by atoms with E-state index in [4.69, 9.17) is 0 Å². The summed E-state index contributed by atoms with van der Waals surface area (Å²) in [6.07, 6.45) is 3.45. The molecule has 0 aliphatic heterocycles. The fourth-order valence-electron chi connectivity index (χ4n) is 4.15. The van der Waals surface area contributed by atoms with Crippen molar-refractivity contribution in [3.63, 3.8) is 0 Å². The highest BCUT2D eigenvalue weighted by Crippen LogP contribution is 2.24. The van der Waals surface area contributed by atoms with E-state index in [1.165, 1.54) is 44.3 Å². The maximum absolute atomic E-state index is 12.5. The molecule has 0 aliphatic rings. The lowest BCUT2D eigenvalue weighted by molar-refractivity contribution is -0.121. The number of carbonyl (C=O) groups is 1. The van der Waals surface area contributed by atoms with Crippen LogP contribution in [-0.4, -0.2) is 10.5 Å². The number of fused-ring (bicyclic) bond motifs is 1. The quantitative estimate of drug-likeness (QED) is 0.407. The SMILES string of the molecule is Cc1ccc(C)c(Cn2cc(CCC(=O)NCc3ccccc3C)c3ccccc32)c1. The molecule has 1 amide bonds. The fourth-order valence-corrected chi connectivity index (χ4v) is 4.15. The Balaban J connectivity index is 1.47. The van der Waals surface area contributed by atoms with Gasteiger partial charge in [0, 0.05) is 36.6 Å². The van der Waals surface area contributed by atoms with Gasteiger partial charge in [0.2, 0.25) is 5.91 Å². The summed E-state index contributed by atoms with van der Waals surface area (Å²) >= 11 is 0. The number of hydrogen-bond donors (Lipinski definition) is 1. The Morgan fingerprint density at radius 3 is 2.42 bits per heavy atom. The Morgan fingerprint density at radius 2 is 1.58 bits per heavy atom. The van der Waals surface area contributed by atoms with Crippen LogP contribution in [0.15, 0.2) is 72.9 Å². The zero-order valence-electron chi connectivity index (χ0n) is 18.6. The van der Waals surface area contributed by atoms with Crippen molar-refractivity contribution in [1.82, 2.24) is 9.88 Å². The minimum atomic E-state index is 0.0922. The highest BCUT2D eigenvalue weighted by atomic mass is 16.1. The maximum Gasteiger partial charge on any atom is 0.220 e. The summed E-state index contributed by atoms with van der Waals surface area (Å²) < 4.78 is 2.32. The van der Waals surface area contributed by atoms with Crippen molar-refractivity contribution in [1.29, 1.82) is 0 Å². The molecule has 0 aliphatic carbocycles. The third-order valence-corrected chi connectivity index (χ3v) is 6.08. The highest BCUT2D eigenvalue weighted by molar-refractivity contribution is 5.85. The predicted molar refractivity (Wildman–Crippen MR) is 128 cm³/mol. The van der Waals surface area contributed by atoms with Gasteiger partial charge in [-0.1, -0.05) is 66.2 Å². The van der Waals surface area contributed by atoms with Gasteiger partial charge in [0.15, 0.2) is 0 Å². The number of carbonyl (C=O) groups excluding carboxylic acids is 1. The van der Waals surface area contributed by atoms with Crippen LogP contribution in [0, 0.1) is 20.8 Å². The first kappa shape index (κ1) is 20.9. The first-order valence-electron chi connectivity index (χ1n) is 11.0. The van der Waals surface area contributed by atoms with Gasteiger partial charge in [-0.2, -0.15) is 0 Å². The average Bonchev–Trinajstić information content (AvgIpc) is 3.12. The van der Waals surface area contributed by atoms with E-state index in [-0.39, 0.29) is 5.91 Å². The zero-order chi connectivity index (χ0) is 21.8. The van der Waals surface area contributed by atoms with Gasteiger partial charge < -0.3 is 9.88 Å². The van der Waals surface area contributed by atoms with Crippen molar-refractivity contribution >= 4 is 16.8 Å². The Bertz CT molecular complexity index is 1220. The number of aromatic nitrogens is 1. The molecule has 0 atom stereocenters. The number of nitrogens with zero attached hydrogens (tertiary/aromatic N) is 1. The lowest BCUT2D eigenvalue weighted by atomic mass is 10.1. The van der Waals surface area contributed by atoms with Crippen LogP contribution in [0.2, 0.25) is 0 Å². The van der Waals surface area contributed by atoms with E-state index in [2.05, 4.69) is 91.4 Å². The number of nitrogens with one attached hydrogen (secondary N) is 1. The van der Waals surface area contributed by atoms with Gasteiger partial charge in [-0.15, -0.1) is 0 Å². The minimum absolute atomic E-state index is 0.0922. The largest absolute Gasteiger partial charge is 0.352 e. The molecule has 0 radical (unpaired) electrons. The molecule has 0 fully saturated rings. The summed E-state index contributed by atoms with van der Waals surface area (Å²) in [7, 11) is 0. The second kappa shape index (κ2) is 9.22. The van der Waals surface area contributed by atoms with Crippen molar-refractivity contribution in [3.8, 4) is 0 Å². The number of rotatable bonds is 7. The molecule has 158 valence electrons. The molecular formula is C28H30N2O. The molecule has 0 spiro atoms. The molecule has 4 rings (SSSR count). The van der Waals surface area contributed by atoms with Crippen molar-refractivity contribution in [2.24, 2.45) is 0 Å². The number of benzene rings is 3. The maximum atomic E-state index is 12.5. The van der Waals surface area contributed by atoms with Crippen LogP contribution >= 0.6 is 0 Å². The van der Waals surface area contributed by atoms with E-state index in [9.17, 15) is 4.79 Å². The monoisotopic (exact) mass is 410 g/mol. The molecule has 3 aromatic carbocycles. The number of aryl methyl sites for hydroxylation is 4. The van der Waals surface area contributed by atoms with Gasteiger partial charge in [-0.3, -0.25) is 4.79 Å². The molecule has 0 unspecified atom stereocenters. The van der Waals surface area contributed by atoms with Crippen molar-refractivity contribution in [2.45, 2.75) is 46.7 Å². The summed E-state index contributed by atoms with van der Waals surface area (Å²) in [5.41, 5.74) is 8.75. The zero-order valence-corrected chi connectivity index (χ0v) is 18.6. The van der Waals surface area contributed by atoms with Crippen LogP contribution in [0.3, 0.4) is 0 Å². The normalized spacial score (nSPS) is 11.1. The number of amides is 1. The van der Waals surface area contributed by atoms with Crippen LogP contribution in [-0.2, 0) is 24.3 Å². The molecule has 0 saturated carbocycles. The third kappa shape index (κ3) is 4.88. The number of hydrogen-bond acceptors (Lipinski definition) is 1. The Kier molecular flexibility index (Phi) is 6.22. The van der Waals surface area contributed by atoms with Crippen molar-refractivity contribution in [2.75, 3.05) is 0 Å². The molecule has 31 heavy (non-hydrogen) atoms. The average molecular weight is 411 g/mol. The van der Waals surface area contributed by atoms with Crippen molar-refractivity contribution in [3.05, 3.63) is 106 Å². The third-order valence-electron chi connectivity index (χ3n) is 6.08. The standard InChI is InChI=1S/C28H30N2O/c1-20-12-13-22(3)25(16-20)19-30-18-24(26-10-6-7-11-27(26)30)14-15-28(31)29-17-23-9-5-4-8-21(23)2/h4-13,16,18H,14-15,17,19H2,1-3H3,(H,29,31). The summed E-state index contributed by atoms with van der Waals surface area (Å²) in [4.78, 5) is 12.5. The molecule has 1 N–H and O–H groups in total. The first-order chi connectivity index (χ1) is 15.0. The molecule has 0 saturated heterocycles. The van der Waals surface area contributed by atoms with Gasteiger partial charge in [0.05, 0.1) is 0 Å². The second-order valence-corrected chi connectivity index (χ2v) is 8.43. The van der Waals surface area contributed by atoms with Gasteiger partial charge >= 0.3 is 0 Å². The first-order valence-corrected chi connectivity index (χ1v) is 11.0. The summed E-state index contributed by atoms with van der Waals surface area (Å²) in [6.45, 7) is 7.80. The molecule has 3 nitrogen and oxygen atoms in total. The second-order valence-electron chi connectivity index (χ2n) is 8.43. The van der Waals surface area contributed by atoms with Gasteiger partial charge in [-0.25, -0.2) is 0 Å². The molecule has 4 aromatic rings. The van der Waals surface area contributed by atoms with Gasteiger partial charge in [0.1, 0.15) is 0 Å². The lowest BCUT2D eigenvalue weighted by Gasteiger charge is -2.10. The summed E-state index contributed by atoms with van der Waals surface area (Å²) in [5.74, 6) is 0.0922. The lowest BCUT2D eigenvalue weighted by Crippen LogP contribution is -2.23. The van der Waals surface area contributed by atoms with E-state index in [1.807, 2.05) is 12.1 Å². The minimum Gasteiger partial charge on any atom is -0.352 e. The Labute approximate surface area is 184 Å². The highest BCUT2D eigenvalue weighted by Gasteiger charge is 2.11. The topological polar surface area (TPSA) is 34.0 Å². The van der Waals surface area contributed by atoms with E-state index in [0.29, 0.717) is 13.0 Å². The molecule has 0 bridgehead atoms. The summed E-state index contributed by atoms with van der Waals surface area (Å²) in [6, 6.07) is 23.3. The van der Waals surface area contributed by atoms with E-state index < -0.39 is 0 Å². The van der Waals surface area contributed by atoms with Crippen LogP contribution in [0.1, 0.15) is 39.8 Å². The van der Waals surface area contributed by atoms with Crippen LogP contribution in [0.5, 0.6) is 0 Å². The van der Waals surface area contributed by atoms with Crippen LogP contribution in [0.4, 0.5) is 0 Å². The molecule has 3 heteroatoms. The van der Waals surface area contributed by atoms with Crippen molar-refractivity contribution < 1.29 is 4.79 Å². The molecular weight excluding hydrogens is 380 g/mol. The van der Waals surface area contributed by atoms with Gasteiger partial charge in [-0.05, 0) is 61.1 Å². The Morgan fingerprint density at radius 1 is 0.839 bits per heavy atom. The Hall–Kier alpha value is -3.33. The van der Waals surface area contributed by atoms with Crippen LogP contribution < -0.4 is 5.32 Å². The predicted octanol–water partition coefficient (Wildman–Crippen LogP) is 5.86. The van der Waals surface area contributed by atoms with Crippen LogP contribution in [0.25, 0.3) is 10.9 Å². The number of para-hydroxylation sites is 1. The summed E-state index contributed by atoms with van der Waals surface area (Å²) in [5, 5.41) is 4.31. The smallest absolute Gasteiger partial charge is 0.220 e. The molecule has 1 aromatic heterocycles. The van der Waals surface area contributed by atoms with Gasteiger partial charge in [0.25, 0.3) is 0 Å². The molecule has 1 heterocycles. The van der Waals surface area contributed by atoms with E-state index in [1.54, 1.807) is 0 Å². The van der Waals surface area contributed by atoms with E-state index in [0.717, 1.165) is 13.0 Å². The fraction of sp³-hybridized carbons (Fsp3) is 0.250. The van der Waals surface area contributed by atoms with E-state index >= 15 is 0 Å².